The second-order valence-corrected chi connectivity index (χ2v) is 6.47. The smallest absolute Gasteiger partial charge is 0.224 e. The van der Waals surface area contributed by atoms with Gasteiger partial charge in [0.15, 0.2) is 0 Å². The first-order chi connectivity index (χ1) is 11.7. The van der Waals surface area contributed by atoms with E-state index in [9.17, 15) is 4.79 Å². The van der Waals surface area contributed by atoms with Crippen molar-refractivity contribution in [2.45, 2.75) is 19.3 Å². The maximum atomic E-state index is 12.1. The molecule has 0 saturated carbocycles. The number of carbonyl (C=O) groups excluding carboxylic acids is 1. The van der Waals surface area contributed by atoms with Gasteiger partial charge in [0.1, 0.15) is 5.82 Å². The van der Waals surface area contributed by atoms with E-state index in [4.69, 9.17) is 11.6 Å². The van der Waals surface area contributed by atoms with Crippen molar-refractivity contribution < 1.29 is 4.79 Å². The van der Waals surface area contributed by atoms with Gasteiger partial charge in [0, 0.05) is 37.1 Å². The molecule has 1 aliphatic rings. The number of rotatable bonds is 5. The van der Waals surface area contributed by atoms with Gasteiger partial charge in [0.2, 0.25) is 5.91 Å². The topological polar surface area (TPSA) is 58.1 Å². The molecule has 3 rings (SSSR count). The molecule has 0 spiro atoms. The Morgan fingerprint density at radius 3 is 2.75 bits per heavy atom. The molecule has 24 heavy (non-hydrogen) atoms. The molecule has 1 saturated heterocycles. The van der Waals surface area contributed by atoms with Crippen molar-refractivity contribution in [1.82, 2.24) is 15.3 Å². The zero-order valence-corrected chi connectivity index (χ0v) is 14.2. The average Bonchev–Trinajstić information content (AvgIpc) is 2.63. The Kier molecular flexibility index (Phi) is 5.64. The summed E-state index contributed by atoms with van der Waals surface area (Å²) in [7, 11) is 0. The Hall–Kier alpha value is -2.14. The lowest BCUT2D eigenvalue weighted by Gasteiger charge is -2.32. The van der Waals surface area contributed by atoms with E-state index in [2.05, 4.69) is 20.2 Å². The summed E-state index contributed by atoms with van der Waals surface area (Å²) in [5.74, 6) is 1.46. The number of piperidine rings is 1. The van der Waals surface area contributed by atoms with Crippen LogP contribution in [0.1, 0.15) is 18.4 Å². The first kappa shape index (κ1) is 16.7. The fourth-order valence-electron chi connectivity index (χ4n) is 2.96. The number of nitrogens with one attached hydrogen (secondary N) is 1. The molecule has 0 aliphatic carbocycles. The molecule has 1 aromatic heterocycles. The largest absolute Gasteiger partial charge is 0.356 e. The molecule has 6 heteroatoms. The third-order valence-electron chi connectivity index (χ3n) is 4.38. The van der Waals surface area contributed by atoms with Gasteiger partial charge in [-0.15, -0.1) is 0 Å². The highest BCUT2D eigenvalue weighted by Crippen LogP contribution is 2.20. The summed E-state index contributed by atoms with van der Waals surface area (Å²) in [5, 5.41) is 3.68. The first-order valence-electron chi connectivity index (χ1n) is 8.23. The molecule has 1 aliphatic heterocycles. The van der Waals surface area contributed by atoms with Gasteiger partial charge >= 0.3 is 0 Å². The predicted molar refractivity (Wildman–Crippen MR) is 95.1 cm³/mol. The molecule has 5 nitrogen and oxygen atoms in total. The number of aromatic nitrogens is 2. The number of carbonyl (C=O) groups is 1. The van der Waals surface area contributed by atoms with E-state index in [1.807, 2.05) is 24.3 Å². The second-order valence-electron chi connectivity index (χ2n) is 6.07. The van der Waals surface area contributed by atoms with Crippen molar-refractivity contribution in [2.24, 2.45) is 5.92 Å². The van der Waals surface area contributed by atoms with Crippen LogP contribution in [0, 0.1) is 5.92 Å². The normalized spacial score (nSPS) is 15.3. The van der Waals surface area contributed by atoms with Crippen LogP contribution in [-0.4, -0.2) is 35.5 Å². The Balaban J connectivity index is 1.42. The molecule has 1 aromatic carbocycles. The number of halogens is 1. The molecule has 126 valence electrons. The average molecular weight is 345 g/mol. The van der Waals surface area contributed by atoms with Crippen LogP contribution < -0.4 is 10.2 Å². The van der Waals surface area contributed by atoms with E-state index >= 15 is 0 Å². The van der Waals surface area contributed by atoms with Gasteiger partial charge < -0.3 is 10.2 Å². The Labute approximate surface area is 147 Å². The first-order valence-corrected chi connectivity index (χ1v) is 8.61. The van der Waals surface area contributed by atoms with E-state index < -0.39 is 0 Å². The molecule has 2 heterocycles. The van der Waals surface area contributed by atoms with Gasteiger partial charge in [-0.05, 0) is 30.4 Å². The Bertz CT molecular complexity index is 672. The summed E-state index contributed by atoms with van der Waals surface area (Å²) >= 11 is 6.09. The fourth-order valence-corrected chi connectivity index (χ4v) is 3.16. The minimum atomic E-state index is 0.0273. The highest BCUT2D eigenvalue weighted by molar-refractivity contribution is 6.31. The highest BCUT2D eigenvalue weighted by atomic mass is 35.5. The summed E-state index contributed by atoms with van der Waals surface area (Å²) in [6, 6.07) is 7.47. The van der Waals surface area contributed by atoms with Crippen LogP contribution in [0.25, 0.3) is 0 Å². The summed E-state index contributed by atoms with van der Waals surface area (Å²) in [6.07, 6.45) is 7.62. The molecule has 1 fully saturated rings. The lowest BCUT2D eigenvalue weighted by Crippen LogP contribution is -2.39. The zero-order valence-electron chi connectivity index (χ0n) is 13.5. The summed E-state index contributed by atoms with van der Waals surface area (Å²) in [5.41, 5.74) is 0.870. The van der Waals surface area contributed by atoms with Gasteiger partial charge in [-0.25, -0.2) is 4.98 Å². The van der Waals surface area contributed by atoms with Crippen LogP contribution in [-0.2, 0) is 11.2 Å². The lowest BCUT2D eigenvalue weighted by atomic mass is 9.96. The van der Waals surface area contributed by atoms with E-state index in [1.54, 1.807) is 18.6 Å². The molecule has 0 unspecified atom stereocenters. The maximum absolute atomic E-state index is 12.1. The van der Waals surface area contributed by atoms with Crippen LogP contribution in [0.2, 0.25) is 5.02 Å². The van der Waals surface area contributed by atoms with Crippen molar-refractivity contribution in [3.05, 3.63) is 53.4 Å². The summed E-state index contributed by atoms with van der Waals surface area (Å²) in [4.78, 5) is 22.8. The minimum Gasteiger partial charge on any atom is -0.356 e. The Morgan fingerprint density at radius 2 is 2.04 bits per heavy atom. The highest BCUT2D eigenvalue weighted by Gasteiger charge is 2.20. The van der Waals surface area contributed by atoms with E-state index in [-0.39, 0.29) is 5.91 Å². The maximum Gasteiger partial charge on any atom is 0.224 e. The summed E-state index contributed by atoms with van der Waals surface area (Å²) < 4.78 is 0. The van der Waals surface area contributed by atoms with Crippen LogP contribution >= 0.6 is 11.6 Å². The second kappa shape index (κ2) is 8.11. The molecule has 0 radical (unpaired) electrons. The Morgan fingerprint density at radius 1 is 1.25 bits per heavy atom. The summed E-state index contributed by atoms with van der Waals surface area (Å²) in [6.45, 7) is 2.62. The molecule has 2 aromatic rings. The number of benzene rings is 1. The molecule has 0 bridgehead atoms. The quantitative estimate of drug-likeness (QED) is 0.906. The van der Waals surface area contributed by atoms with Crippen LogP contribution in [0.3, 0.4) is 0 Å². The monoisotopic (exact) mass is 344 g/mol. The molecule has 1 amide bonds. The zero-order chi connectivity index (χ0) is 16.8. The molecule has 0 atom stereocenters. The van der Waals surface area contributed by atoms with E-state index in [1.165, 1.54) is 0 Å². The van der Waals surface area contributed by atoms with Crippen molar-refractivity contribution in [3.8, 4) is 0 Å². The number of nitrogens with zero attached hydrogens (tertiary/aromatic N) is 3. The van der Waals surface area contributed by atoms with Crippen LogP contribution in [0.15, 0.2) is 42.9 Å². The van der Waals surface area contributed by atoms with Crippen molar-refractivity contribution in [3.63, 3.8) is 0 Å². The van der Waals surface area contributed by atoms with Gasteiger partial charge in [0.05, 0.1) is 12.6 Å². The van der Waals surface area contributed by atoms with Crippen molar-refractivity contribution in [2.75, 3.05) is 24.5 Å². The van der Waals surface area contributed by atoms with Crippen LogP contribution in [0.4, 0.5) is 5.82 Å². The van der Waals surface area contributed by atoms with Gasteiger partial charge in [0.25, 0.3) is 0 Å². The van der Waals surface area contributed by atoms with Crippen molar-refractivity contribution in [1.29, 1.82) is 0 Å². The minimum absolute atomic E-state index is 0.0273. The van der Waals surface area contributed by atoms with Crippen molar-refractivity contribution >= 4 is 23.3 Å². The number of hydrogen-bond acceptors (Lipinski definition) is 4. The predicted octanol–water partition coefficient (Wildman–Crippen LogP) is 2.71. The molecule has 1 N–H and O–H groups in total. The third-order valence-corrected chi connectivity index (χ3v) is 4.75. The van der Waals surface area contributed by atoms with Gasteiger partial charge in [-0.3, -0.25) is 9.78 Å². The molecular formula is C18H21ClN4O. The van der Waals surface area contributed by atoms with Crippen LogP contribution in [0.5, 0.6) is 0 Å². The third kappa shape index (κ3) is 4.45. The van der Waals surface area contributed by atoms with Gasteiger partial charge in [-0.2, -0.15) is 0 Å². The van der Waals surface area contributed by atoms with E-state index in [0.29, 0.717) is 17.4 Å². The van der Waals surface area contributed by atoms with E-state index in [0.717, 1.165) is 43.9 Å². The SMILES string of the molecule is O=C(Cc1ccccc1Cl)NCC1CCN(c2cnccn2)CC1. The lowest BCUT2D eigenvalue weighted by molar-refractivity contribution is -0.120. The number of hydrogen-bond donors (Lipinski definition) is 1. The standard InChI is InChI=1S/C18H21ClN4O/c19-16-4-2-1-3-15(16)11-18(24)22-12-14-5-9-23(10-6-14)17-13-20-7-8-21-17/h1-4,7-8,13-14H,5-6,9-12H2,(H,22,24). The fraction of sp³-hybridized carbons (Fsp3) is 0.389. The number of amides is 1. The number of anilines is 1. The molecular weight excluding hydrogens is 324 g/mol. The van der Waals surface area contributed by atoms with Gasteiger partial charge in [-0.1, -0.05) is 29.8 Å².